The SMILES string of the molecule is C/C=C/C=C1\C=C(C(C)(C)C)Oc2cc(N(CC)CC)ccc21. The van der Waals surface area contributed by atoms with Crippen LogP contribution in [0.5, 0.6) is 5.75 Å². The number of hydrogen-bond donors (Lipinski definition) is 0. The monoisotopic (exact) mass is 311 g/mol. The van der Waals surface area contributed by atoms with Gasteiger partial charge < -0.3 is 9.64 Å². The van der Waals surface area contributed by atoms with E-state index in [4.69, 9.17) is 4.74 Å². The third-order valence-electron chi connectivity index (χ3n) is 4.12. The highest BCUT2D eigenvalue weighted by atomic mass is 16.5. The third kappa shape index (κ3) is 3.87. The molecule has 0 aromatic heterocycles. The van der Waals surface area contributed by atoms with Crippen LogP contribution in [0.25, 0.3) is 5.57 Å². The predicted octanol–water partition coefficient (Wildman–Crippen LogP) is 5.81. The molecular formula is C21H29NO. The van der Waals surface area contributed by atoms with Gasteiger partial charge in [-0.3, -0.25) is 0 Å². The van der Waals surface area contributed by atoms with Gasteiger partial charge in [0.05, 0.1) is 0 Å². The second-order valence-electron chi connectivity index (χ2n) is 6.86. The normalized spacial score (nSPS) is 16.3. The first-order valence-corrected chi connectivity index (χ1v) is 8.53. The summed E-state index contributed by atoms with van der Waals surface area (Å²) in [6, 6.07) is 6.54. The van der Waals surface area contributed by atoms with Crippen molar-refractivity contribution in [3.05, 3.63) is 53.8 Å². The number of ether oxygens (including phenoxy) is 1. The van der Waals surface area contributed by atoms with E-state index in [0.29, 0.717) is 0 Å². The molecule has 0 atom stereocenters. The number of benzene rings is 1. The van der Waals surface area contributed by atoms with Crippen molar-refractivity contribution in [3.63, 3.8) is 0 Å². The Morgan fingerprint density at radius 1 is 1.13 bits per heavy atom. The summed E-state index contributed by atoms with van der Waals surface area (Å²) in [6.45, 7) is 15.0. The highest BCUT2D eigenvalue weighted by Gasteiger charge is 2.26. The molecule has 1 aromatic rings. The number of fused-ring (bicyclic) bond motifs is 1. The maximum atomic E-state index is 6.26. The van der Waals surface area contributed by atoms with Crippen LogP contribution in [-0.2, 0) is 0 Å². The molecule has 1 aliphatic rings. The molecule has 1 heterocycles. The van der Waals surface area contributed by atoms with Gasteiger partial charge in [-0.05, 0) is 44.6 Å². The van der Waals surface area contributed by atoms with Crippen LogP contribution >= 0.6 is 0 Å². The molecule has 2 nitrogen and oxygen atoms in total. The molecule has 0 aliphatic carbocycles. The number of anilines is 1. The van der Waals surface area contributed by atoms with Crippen LogP contribution in [0.3, 0.4) is 0 Å². The second-order valence-corrected chi connectivity index (χ2v) is 6.86. The maximum Gasteiger partial charge on any atom is 0.136 e. The lowest BCUT2D eigenvalue weighted by molar-refractivity contribution is 0.291. The number of rotatable bonds is 4. The largest absolute Gasteiger partial charge is 0.460 e. The van der Waals surface area contributed by atoms with Crippen LogP contribution in [0, 0.1) is 5.41 Å². The zero-order valence-corrected chi connectivity index (χ0v) is 15.3. The Hall–Kier alpha value is -1.96. The summed E-state index contributed by atoms with van der Waals surface area (Å²) in [4.78, 5) is 2.34. The summed E-state index contributed by atoms with van der Waals surface area (Å²) in [5, 5.41) is 0. The van der Waals surface area contributed by atoms with Crippen molar-refractivity contribution in [2.24, 2.45) is 5.41 Å². The van der Waals surface area contributed by atoms with Gasteiger partial charge in [-0.15, -0.1) is 0 Å². The zero-order valence-electron chi connectivity index (χ0n) is 15.3. The van der Waals surface area contributed by atoms with Crippen molar-refractivity contribution >= 4 is 11.3 Å². The van der Waals surface area contributed by atoms with Gasteiger partial charge in [0, 0.05) is 35.8 Å². The van der Waals surface area contributed by atoms with Crippen molar-refractivity contribution < 1.29 is 4.74 Å². The maximum absolute atomic E-state index is 6.26. The molecule has 0 bridgehead atoms. The van der Waals surface area contributed by atoms with Gasteiger partial charge in [0.15, 0.2) is 0 Å². The number of nitrogens with zero attached hydrogens (tertiary/aromatic N) is 1. The lowest BCUT2D eigenvalue weighted by atomic mass is 9.89. The van der Waals surface area contributed by atoms with Crippen LogP contribution < -0.4 is 9.64 Å². The van der Waals surface area contributed by atoms with E-state index in [1.807, 2.05) is 6.92 Å². The highest BCUT2D eigenvalue weighted by molar-refractivity contribution is 5.82. The van der Waals surface area contributed by atoms with Gasteiger partial charge in [0.1, 0.15) is 11.5 Å². The summed E-state index contributed by atoms with van der Waals surface area (Å²) < 4.78 is 6.26. The van der Waals surface area contributed by atoms with Crippen molar-refractivity contribution in [2.45, 2.75) is 41.5 Å². The Balaban J connectivity index is 2.52. The van der Waals surface area contributed by atoms with Crippen LogP contribution in [-0.4, -0.2) is 13.1 Å². The number of allylic oxidation sites excluding steroid dienone is 6. The first-order valence-electron chi connectivity index (χ1n) is 8.53. The number of hydrogen-bond acceptors (Lipinski definition) is 2. The Labute approximate surface area is 141 Å². The minimum Gasteiger partial charge on any atom is -0.460 e. The van der Waals surface area contributed by atoms with Gasteiger partial charge >= 0.3 is 0 Å². The molecule has 0 N–H and O–H groups in total. The van der Waals surface area contributed by atoms with E-state index in [-0.39, 0.29) is 5.41 Å². The van der Waals surface area contributed by atoms with Gasteiger partial charge in [0.2, 0.25) is 0 Å². The molecule has 0 amide bonds. The first kappa shape index (κ1) is 17.4. The lowest BCUT2D eigenvalue weighted by Crippen LogP contribution is -2.22. The molecule has 124 valence electrons. The molecule has 2 heteroatoms. The molecule has 0 spiro atoms. The summed E-state index contributed by atoms with van der Waals surface area (Å²) >= 11 is 0. The Kier molecular flexibility index (Phi) is 5.35. The predicted molar refractivity (Wildman–Crippen MR) is 101 cm³/mol. The standard InChI is InChI=1S/C21H29NO/c1-7-10-11-16-14-20(21(4,5)6)23-19-15-17(12-13-18(16)19)22(8-2)9-3/h7,10-15H,8-9H2,1-6H3/b10-7+,16-11+. The summed E-state index contributed by atoms with van der Waals surface area (Å²) in [7, 11) is 0. The molecule has 0 saturated carbocycles. The Morgan fingerprint density at radius 3 is 2.39 bits per heavy atom. The summed E-state index contributed by atoms with van der Waals surface area (Å²) in [5.41, 5.74) is 3.57. The van der Waals surface area contributed by atoms with Crippen molar-refractivity contribution in [3.8, 4) is 5.75 Å². The first-order chi connectivity index (χ1) is 10.9. The van der Waals surface area contributed by atoms with Gasteiger partial charge in [0.25, 0.3) is 0 Å². The van der Waals surface area contributed by atoms with Gasteiger partial charge in [-0.25, -0.2) is 0 Å². The highest BCUT2D eigenvalue weighted by Crippen LogP contribution is 2.41. The van der Waals surface area contributed by atoms with E-state index in [1.54, 1.807) is 0 Å². The minimum atomic E-state index is -0.0160. The lowest BCUT2D eigenvalue weighted by Gasteiger charge is -2.30. The topological polar surface area (TPSA) is 12.5 Å². The zero-order chi connectivity index (χ0) is 17.0. The fraction of sp³-hybridized carbons (Fsp3) is 0.429. The van der Waals surface area contributed by atoms with E-state index in [1.165, 1.54) is 11.3 Å². The minimum absolute atomic E-state index is 0.0160. The van der Waals surface area contributed by atoms with E-state index in [2.05, 4.69) is 82.0 Å². The Morgan fingerprint density at radius 2 is 1.83 bits per heavy atom. The molecule has 1 aromatic carbocycles. The van der Waals surface area contributed by atoms with Gasteiger partial charge in [-0.2, -0.15) is 0 Å². The molecule has 0 unspecified atom stereocenters. The van der Waals surface area contributed by atoms with Gasteiger partial charge in [-0.1, -0.05) is 39.0 Å². The molecule has 0 radical (unpaired) electrons. The average molecular weight is 311 g/mol. The fourth-order valence-electron chi connectivity index (χ4n) is 2.69. The van der Waals surface area contributed by atoms with Crippen molar-refractivity contribution in [2.75, 3.05) is 18.0 Å². The van der Waals surface area contributed by atoms with Crippen molar-refractivity contribution in [1.29, 1.82) is 0 Å². The molecular weight excluding hydrogens is 282 g/mol. The third-order valence-corrected chi connectivity index (χ3v) is 4.12. The molecule has 0 saturated heterocycles. The van der Waals surface area contributed by atoms with Crippen LogP contribution in [0.15, 0.2) is 48.3 Å². The van der Waals surface area contributed by atoms with E-state index < -0.39 is 0 Å². The molecule has 23 heavy (non-hydrogen) atoms. The fourth-order valence-corrected chi connectivity index (χ4v) is 2.69. The average Bonchev–Trinajstić information content (AvgIpc) is 2.52. The molecule has 0 fully saturated rings. The van der Waals surface area contributed by atoms with Crippen LogP contribution in [0.2, 0.25) is 0 Å². The van der Waals surface area contributed by atoms with E-state index in [9.17, 15) is 0 Å². The summed E-state index contributed by atoms with van der Waals surface area (Å²) in [6.07, 6.45) is 8.46. The Bertz CT molecular complexity index is 640. The van der Waals surface area contributed by atoms with Crippen LogP contribution in [0.4, 0.5) is 5.69 Å². The summed E-state index contributed by atoms with van der Waals surface area (Å²) in [5.74, 6) is 1.97. The van der Waals surface area contributed by atoms with Crippen molar-refractivity contribution in [1.82, 2.24) is 0 Å². The van der Waals surface area contributed by atoms with E-state index >= 15 is 0 Å². The molecule has 2 rings (SSSR count). The smallest absolute Gasteiger partial charge is 0.136 e. The van der Waals surface area contributed by atoms with Crippen LogP contribution in [0.1, 0.15) is 47.1 Å². The van der Waals surface area contributed by atoms with E-state index in [0.717, 1.165) is 30.2 Å². The second kappa shape index (κ2) is 7.08. The quantitative estimate of drug-likeness (QED) is 0.695. The molecule has 1 aliphatic heterocycles.